The van der Waals surface area contributed by atoms with Crippen LogP contribution in [0.25, 0.3) is 0 Å². The van der Waals surface area contributed by atoms with E-state index in [0.29, 0.717) is 57.3 Å². The zero-order valence-corrected chi connectivity index (χ0v) is 12.8. The second-order valence-corrected chi connectivity index (χ2v) is 5.22. The molecule has 0 spiro atoms. The largest absolute Gasteiger partial charge is 0.492 e. The fraction of sp³-hybridized carbons (Fsp3) is 0.500. The molecular formula is C16H21N3O3. The van der Waals surface area contributed by atoms with Crippen LogP contribution in [0, 0.1) is 11.3 Å². The smallest absolute Gasteiger partial charge is 0.236 e. The molecule has 22 heavy (non-hydrogen) atoms. The van der Waals surface area contributed by atoms with Crippen LogP contribution in [0.5, 0.6) is 5.75 Å². The van der Waals surface area contributed by atoms with Crippen molar-refractivity contribution in [3.05, 3.63) is 29.8 Å². The second-order valence-electron chi connectivity index (χ2n) is 5.22. The molecule has 1 aromatic rings. The molecule has 2 rings (SSSR count). The maximum atomic E-state index is 12.1. The van der Waals surface area contributed by atoms with E-state index >= 15 is 0 Å². The Morgan fingerprint density at radius 1 is 1.45 bits per heavy atom. The zero-order chi connectivity index (χ0) is 15.8. The number of amides is 1. The van der Waals surface area contributed by atoms with E-state index < -0.39 is 0 Å². The molecule has 6 nitrogen and oxygen atoms in total. The molecule has 6 heteroatoms. The molecule has 0 N–H and O–H groups in total. The summed E-state index contributed by atoms with van der Waals surface area (Å²) in [5.41, 5.74) is 0.577. The van der Waals surface area contributed by atoms with E-state index in [1.54, 1.807) is 18.2 Å². The van der Waals surface area contributed by atoms with Gasteiger partial charge in [0.05, 0.1) is 31.4 Å². The average molecular weight is 303 g/mol. The van der Waals surface area contributed by atoms with Crippen molar-refractivity contribution in [2.75, 3.05) is 53.0 Å². The number of morpholine rings is 1. The highest BCUT2D eigenvalue weighted by Crippen LogP contribution is 2.12. The quantitative estimate of drug-likeness (QED) is 0.775. The minimum Gasteiger partial charge on any atom is -0.492 e. The van der Waals surface area contributed by atoms with Crippen molar-refractivity contribution >= 4 is 5.91 Å². The van der Waals surface area contributed by atoms with E-state index in [2.05, 4.69) is 6.07 Å². The first-order chi connectivity index (χ1) is 10.7. The van der Waals surface area contributed by atoms with Gasteiger partial charge < -0.3 is 14.4 Å². The molecule has 1 fully saturated rings. The molecule has 1 heterocycles. The van der Waals surface area contributed by atoms with Crippen molar-refractivity contribution in [1.29, 1.82) is 5.26 Å². The van der Waals surface area contributed by atoms with Gasteiger partial charge in [-0.2, -0.15) is 5.26 Å². The molecule has 0 aromatic heterocycles. The third-order valence-corrected chi connectivity index (χ3v) is 3.47. The number of carbonyl (C=O) groups excluding carboxylic acids is 1. The molecular weight excluding hydrogens is 282 g/mol. The summed E-state index contributed by atoms with van der Waals surface area (Å²) in [6.07, 6.45) is 0. The van der Waals surface area contributed by atoms with Crippen molar-refractivity contribution in [3.8, 4) is 11.8 Å². The van der Waals surface area contributed by atoms with Gasteiger partial charge in [0.2, 0.25) is 5.91 Å². The van der Waals surface area contributed by atoms with Crippen LogP contribution in [-0.2, 0) is 9.53 Å². The molecule has 1 aromatic carbocycles. The van der Waals surface area contributed by atoms with E-state index in [1.165, 1.54) is 0 Å². The first kappa shape index (κ1) is 16.3. The van der Waals surface area contributed by atoms with Gasteiger partial charge in [-0.1, -0.05) is 6.07 Å². The van der Waals surface area contributed by atoms with Crippen molar-refractivity contribution in [1.82, 2.24) is 9.80 Å². The van der Waals surface area contributed by atoms with Crippen molar-refractivity contribution in [2.45, 2.75) is 0 Å². The van der Waals surface area contributed by atoms with Crippen LogP contribution < -0.4 is 4.74 Å². The Labute approximate surface area is 130 Å². The lowest BCUT2D eigenvalue weighted by Crippen LogP contribution is -2.45. The maximum absolute atomic E-state index is 12.1. The minimum atomic E-state index is 0.122. The average Bonchev–Trinajstić information content (AvgIpc) is 2.56. The number of nitriles is 1. The number of benzene rings is 1. The van der Waals surface area contributed by atoms with Crippen LogP contribution in [0.15, 0.2) is 24.3 Å². The molecule has 0 radical (unpaired) electrons. The summed E-state index contributed by atoms with van der Waals surface area (Å²) in [6, 6.07) is 9.13. The molecule has 118 valence electrons. The number of likely N-dealkylation sites (N-methyl/N-ethyl adjacent to an activating group) is 1. The molecule has 0 atom stereocenters. The molecule has 1 amide bonds. The topological polar surface area (TPSA) is 65.8 Å². The van der Waals surface area contributed by atoms with E-state index in [1.807, 2.05) is 22.9 Å². The Morgan fingerprint density at radius 3 is 2.95 bits per heavy atom. The molecule has 0 unspecified atom stereocenters. The summed E-state index contributed by atoms with van der Waals surface area (Å²) in [4.78, 5) is 15.8. The number of hydrogen-bond donors (Lipinski definition) is 0. The molecule has 0 aliphatic carbocycles. The summed E-state index contributed by atoms with van der Waals surface area (Å²) in [6.45, 7) is 4.08. The summed E-state index contributed by atoms with van der Waals surface area (Å²) < 4.78 is 10.8. The van der Waals surface area contributed by atoms with Gasteiger partial charge in [-0.25, -0.2) is 0 Å². The Hall–Kier alpha value is -2.10. The van der Waals surface area contributed by atoms with Crippen molar-refractivity contribution in [3.63, 3.8) is 0 Å². The first-order valence-corrected chi connectivity index (χ1v) is 7.36. The van der Waals surface area contributed by atoms with Gasteiger partial charge in [-0.15, -0.1) is 0 Å². The maximum Gasteiger partial charge on any atom is 0.236 e. The first-order valence-electron chi connectivity index (χ1n) is 7.36. The predicted octanol–water partition coefficient (Wildman–Crippen LogP) is 0.728. The number of nitrogens with zero attached hydrogens (tertiary/aromatic N) is 3. The number of carbonyl (C=O) groups is 1. The van der Waals surface area contributed by atoms with Gasteiger partial charge in [0.15, 0.2) is 0 Å². The lowest BCUT2D eigenvalue weighted by atomic mass is 10.2. The highest BCUT2D eigenvalue weighted by atomic mass is 16.5. The highest BCUT2D eigenvalue weighted by Gasteiger charge is 2.17. The Morgan fingerprint density at radius 2 is 2.23 bits per heavy atom. The standard InChI is InChI=1S/C16H21N3O3/c1-18(13-16(20)19-6-8-21-9-7-19)5-10-22-15-4-2-3-14(11-15)12-17/h2-4,11H,5-10,13H2,1H3. The van der Waals surface area contributed by atoms with Gasteiger partial charge >= 0.3 is 0 Å². The predicted molar refractivity (Wildman–Crippen MR) is 81.5 cm³/mol. The summed E-state index contributed by atoms with van der Waals surface area (Å²) in [5.74, 6) is 0.796. The number of ether oxygens (including phenoxy) is 2. The van der Waals surface area contributed by atoms with Crippen LogP contribution in [0.3, 0.4) is 0 Å². The number of hydrogen-bond acceptors (Lipinski definition) is 5. The van der Waals surface area contributed by atoms with E-state index in [4.69, 9.17) is 14.7 Å². The Kier molecular flexibility index (Phi) is 6.19. The Balaban J connectivity index is 1.69. The molecule has 1 saturated heterocycles. The molecule has 0 bridgehead atoms. The van der Waals surface area contributed by atoms with Gasteiger partial charge in [0.25, 0.3) is 0 Å². The van der Waals surface area contributed by atoms with Crippen LogP contribution in [0.2, 0.25) is 0 Å². The minimum absolute atomic E-state index is 0.122. The Bertz CT molecular complexity index is 536. The van der Waals surface area contributed by atoms with Crippen LogP contribution >= 0.6 is 0 Å². The molecule has 0 saturated carbocycles. The highest BCUT2D eigenvalue weighted by molar-refractivity contribution is 5.78. The summed E-state index contributed by atoms with van der Waals surface area (Å²) in [5, 5.41) is 8.83. The van der Waals surface area contributed by atoms with Crippen LogP contribution in [0.4, 0.5) is 0 Å². The molecule has 1 aliphatic rings. The van der Waals surface area contributed by atoms with Crippen LogP contribution in [0.1, 0.15) is 5.56 Å². The van der Waals surface area contributed by atoms with Gasteiger partial charge in [-0.3, -0.25) is 9.69 Å². The normalized spacial score (nSPS) is 14.7. The van der Waals surface area contributed by atoms with Gasteiger partial charge in [0, 0.05) is 19.6 Å². The summed E-state index contributed by atoms with van der Waals surface area (Å²) in [7, 11) is 1.90. The SMILES string of the molecule is CN(CCOc1cccc(C#N)c1)CC(=O)N1CCOCC1. The monoisotopic (exact) mass is 303 g/mol. The third kappa shape index (κ3) is 5.02. The van der Waals surface area contributed by atoms with Gasteiger partial charge in [0.1, 0.15) is 12.4 Å². The second kappa shape index (κ2) is 8.37. The van der Waals surface area contributed by atoms with E-state index in [9.17, 15) is 4.79 Å². The van der Waals surface area contributed by atoms with Crippen molar-refractivity contribution < 1.29 is 14.3 Å². The summed E-state index contributed by atoms with van der Waals surface area (Å²) >= 11 is 0. The van der Waals surface area contributed by atoms with E-state index in [-0.39, 0.29) is 5.91 Å². The number of rotatable bonds is 6. The van der Waals surface area contributed by atoms with Crippen molar-refractivity contribution in [2.24, 2.45) is 0 Å². The van der Waals surface area contributed by atoms with Gasteiger partial charge in [-0.05, 0) is 25.2 Å². The fourth-order valence-electron chi connectivity index (χ4n) is 2.20. The fourth-order valence-corrected chi connectivity index (χ4v) is 2.20. The lowest BCUT2D eigenvalue weighted by Gasteiger charge is -2.28. The molecule has 1 aliphatic heterocycles. The van der Waals surface area contributed by atoms with Crippen LogP contribution in [-0.4, -0.2) is 68.8 Å². The van der Waals surface area contributed by atoms with E-state index in [0.717, 1.165) is 0 Å². The zero-order valence-electron chi connectivity index (χ0n) is 12.8. The third-order valence-electron chi connectivity index (χ3n) is 3.47. The lowest BCUT2D eigenvalue weighted by molar-refractivity contribution is -0.136.